The van der Waals surface area contributed by atoms with Crippen LogP contribution >= 0.6 is 11.6 Å². The summed E-state index contributed by atoms with van der Waals surface area (Å²) < 4.78 is 31.0. The van der Waals surface area contributed by atoms with E-state index in [9.17, 15) is 13.6 Å². The van der Waals surface area contributed by atoms with Crippen molar-refractivity contribution in [1.29, 1.82) is 0 Å². The van der Waals surface area contributed by atoms with Crippen LogP contribution in [-0.2, 0) is 0 Å². The summed E-state index contributed by atoms with van der Waals surface area (Å²) in [5, 5.41) is 8.64. The van der Waals surface area contributed by atoms with Gasteiger partial charge in [0, 0.05) is 24.4 Å². The van der Waals surface area contributed by atoms with Crippen LogP contribution in [0.15, 0.2) is 30.5 Å². The third-order valence-corrected chi connectivity index (χ3v) is 2.38. The summed E-state index contributed by atoms with van der Waals surface area (Å²) in [5.74, 6) is -3.09. The Bertz CT molecular complexity index is 629. The Morgan fingerprint density at radius 3 is 2.37 bits per heavy atom. The maximum absolute atomic E-state index is 13.0. The molecule has 0 saturated heterocycles. The van der Waals surface area contributed by atoms with Gasteiger partial charge in [-0.1, -0.05) is 11.6 Å². The summed E-state index contributed by atoms with van der Waals surface area (Å²) in [6.07, 6.45) is 1.03. The first-order chi connectivity index (χ1) is 8.95. The van der Waals surface area contributed by atoms with Gasteiger partial charge in [-0.05, 0) is 6.07 Å². The molecule has 0 aliphatic carbocycles. The topological polar surface area (TPSA) is 59.4 Å². The largest absolute Gasteiger partial charge is 0.478 e. The Morgan fingerprint density at radius 1 is 1.21 bits per heavy atom. The predicted octanol–water partition coefficient (Wildman–Crippen LogP) is 3.50. The Balaban J connectivity index is 2.30. The summed E-state index contributed by atoms with van der Waals surface area (Å²) in [6.45, 7) is 0. The summed E-state index contributed by atoms with van der Waals surface area (Å²) in [5.41, 5.74) is -0.122. The van der Waals surface area contributed by atoms with Gasteiger partial charge in [0.25, 0.3) is 0 Å². The first kappa shape index (κ1) is 13.2. The number of hydrogen-bond donors (Lipinski definition) is 1. The molecule has 2 rings (SSSR count). The quantitative estimate of drug-likeness (QED) is 0.937. The number of pyridine rings is 1. The van der Waals surface area contributed by atoms with Gasteiger partial charge in [0.15, 0.2) is 0 Å². The molecule has 1 aromatic heterocycles. The molecule has 4 nitrogen and oxygen atoms in total. The number of nitrogens with zero attached hydrogens (tertiary/aromatic N) is 1. The fourth-order valence-corrected chi connectivity index (χ4v) is 1.52. The van der Waals surface area contributed by atoms with Crippen LogP contribution in [0, 0.1) is 11.6 Å². The van der Waals surface area contributed by atoms with Gasteiger partial charge in [0.2, 0.25) is 5.88 Å². The van der Waals surface area contributed by atoms with Gasteiger partial charge in [-0.25, -0.2) is 18.6 Å². The van der Waals surface area contributed by atoms with Crippen LogP contribution in [0.2, 0.25) is 5.02 Å². The summed E-state index contributed by atoms with van der Waals surface area (Å²) in [7, 11) is 0. The van der Waals surface area contributed by atoms with E-state index in [0.29, 0.717) is 6.07 Å². The van der Waals surface area contributed by atoms with E-state index >= 15 is 0 Å². The second kappa shape index (κ2) is 5.19. The molecule has 0 aliphatic heterocycles. The number of hydrogen-bond acceptors (Lipinski definition) is 3. The standard InChI is InChI=1S/C12H6ClF2NO3/c13-10-1-6(12(17)18)5-16-11(10)19-9-3-7(14)2-8(15)4-9/h1-5H,(H,17,18). The van der Waals surface area contributed by atoms with Crippen molar-refractivity contribution in [3.05, 3.63) is 52.7 Å². The SMILES string of the molecule is O=C(O)c1cnc(Oc2cc(F)cc(F)c2)c(Cl)c1. The molecule has 0 bridgehead atoms. The molecular formula is C12H6ClF2NO3. The van der Waals surface area contributed by atoms with Crippen LogP contribution in [0.3, 0.4) is 0 Å². The lowest BCUT2D eigenvalue weighted by molar-refractivity contribution is 0.0696. The minimum atomic E-state index is -1.20. The second-order valence-electron chi connectivity index (χ2n) is 3.52. The molecule has 19 heavy (non-hydrogen) atoms. The Morgan fingerprint density at radius 2 is 1.84 bits per heavy atom. The number of rotatable bonds is 3. The Labute approximate surface area is 111 Å². The van der Waals surface area contributed by atoms with Gasteiger partial charge in [-0.3, -0.25) is 0 Å². The Hall–Kier alpha value is -2.21. The zero-order valence-electron chi connectivity index (χ0n) is 9.23. The normalized spacial score (nSPS) is 10.3. The number of ether oxygens (including phenoxy) is 1. The van der Waals surface area contributed by atoms with Crippen LogP contribution in [-0.4, -0.2) is 16.1 Å². The van der Waals surface area contributed by atoms with E-state index in [4.69, 9.17) is 21.4 Å². The third-order valence-electron chi connectivity index (χ3n) is 2.10. The number of aromatic carboxylic acids is 1. The van der Waals surface area contributed by atoms with Crippen molar-refractivity contribution in [2.24, 2.45) is 0 Å². The van der Waals surface area contributed by atoms with Gasteiger partial charge in [0.05, 0.1) is 5.56 Å². The lowest BCUT2D eigenvalue weighted by atomic mass is 10.3. The Kier molecular flexibility index (Phi) is 3.62. The molecule has 0 aliphatic rings. The van der Waals surface area contributed by atoms with Crippen molar-refractivity contribution >= 4 is 17.6 Å². The number of carboxylic acids is 1. The maximum atomic E-state index is 13.0. The zero-order valence-corrected chi connectivity index (χ0v) is 9.99. The molecule has 0 saturated carbocycles. The highest BCUT2D eigenvalue weighted by Gasteiger charge is 2.11. The van der Waals surface area contributed by atoms with Crippen molar-refractivity contribution < 1.29 is 23.4 Å². The van der Waals surface area contributed by atoms with E-state index in [-0.39, 0.29) is 22.2 Å². The average molecular weight is 286 g/mol. The van der Waals surface area contributed by atoms with Crippen LogP contribution in [0.1, 0.15) is 10.4 Å². The van der Waals surface area contributed by atoms with Crippen molar-refractivity contribution in [2.75, 3.05) is 0 Å². The van der Waals surface area contributed by atoms with Crippen molar-refractivity contribution in [3.8, 4) is 11.6 Å². The lowest BCUT2D eigenvalue weighted by Crippen LogP contribution is -1.98. The van der Waals surface area contributed by atoms with Gasteiger partial charge in [-0.2, -0.15) is 0 Å². The summed E-state index contributed by atoms with van der Waals surface area (Å²) in [6, 6.07) is 3.72. The monoisotopic (exact) mass is 285 g/mol. The smallest absolute Gasteiger partial charge is 0.337 e. The first-order valence-electron chi connectivity index (χ1n) is 4.98. The molecular weight excluding hydrogens is 280 g/mol. The highest BCUT2D eigenvalue weighted by Crippen LogP contribution is 2.28. The fourth-order valence-electron chi connectivity index (χ4n) is 1.32. The van der Waals surface area contributed by atoms with E-state index in [1.165, 1.54) is 0 Å². The van der Waals surface area contributed by atoms with Crippen LogP contribution in [0.25, 0.3) is 0 Å². The minimum Gasteiger partial charge on any atom is -0.478 e. The average Bonchev–Trinajstić information content (AvgIpc) is 2.30. The van der Waals surface area contributed by atoms with Crippen molar-refractivity contribution in [2.45, 2.75) is 0 Å². The van der Waals surface area contributed by atoms with E-state index in [0.717, 1.165) is 24.4 Å². The predicted molar refractivity (Wildman–Crippen MR) is 62.6 cm³/mol. The summed E-state index contributed by atoms with van der Waals surface area (Å²) in [4.78, 5) is 14.3. The number of carbonyl (C=O) groups is 1. The molecule has 1 N–H and O–H groups in total. The zero-order chi connectivity index (χ0) is 14.0. The molecule has 98 valence electrons. The first-order valence-corrected chi connectivity index (χ1v) is 5.36. The van der Waals surface area contributed by atoms with E-state index in [1.807, 2.05) is 0 Å². The molecule has 1 heterocycles. The number of benzene rings is 1. The van der Waals surface area contributed by atoms with E-state index in [2.05, 4.69) is 4.98 Å². The van der Waals surface area contributed by atoms with Gasteiger partial charge in [-0.15, -0.1) is 0 Å². The van der Waals surface area contributed by atoms with Gasteiger partial charge in [0.1, 0.15) is 22.4 Å². The van der Waals surface area contributed by atoms with Crippen LogP contribution in [0.4, 0.5) is 8.78 Å². The molecule has 2 aromatic rings. The molecule has 0 spiro atoms. The maximum Gasteiger partial charge on any atom is 0.337 e. The number of aromatic nitrogens is 1. The molecule has 7 heteroatoms. The molecule has 0 fully saturated rings. The fraction of sp³-hybridized carbons (Fsp3) is 0. The van der Waals surface area contributed by atoms with Gasteiger partial charge >= 0.3 is 5.97 Å². The molecule has 1 aromatic carbocycles. The third kappa shape index (κ3) is 3.17. The molecule has 0 amide bonds. The molecule has 0 radical (unpaired) electrons. The highest BCUT2D eigenvalue weighted by atomic mass is 35.5. The number of carboxylic acid groups (broad SMARTS) is 1. The van der Waals surface area contributed by atoms with E-state index < -0.39 is 17.6 Å². The van der Waals surface area contributed by atoms with Crippen molar-refractivity contribution in [1.82, 2.24) is 4.98 Å². The van der Waals surface area contributed by atoms with Gasteiger partial charge < -0.3 is 9.84 Å². The molecule has 0 atom stereocenters. The molecule has 0 unspecified atom stereocenters. The summed E-state index contributed by atoms with van der Waals surface area (Å²) >= 11 is 5.76. The van der Waals surface area contributed by atoms with Crippen LogP contribution < -0.4 is 4.74 Å². The van der Waals surface area contributed by atoms with Crippen LogP contribution in [0.5, 0.6) is 11.6 Å². The highest BCUT2D eigenvalue weighted by molar-refractivity contribution is 6.32. The van der Waals surface area contributed by atoms with E-state index in [1.54, 1.807) is 0 Å². The van der Waals surface area contributed by atoms with Crippen molar-refractivity contribution in [3.63, 3.8) is 0 Å². The minimum absolute atomic E-state index is 0.0791. The second-order valence-corrected chi connectivity index (χ2v) is 3.93. The number of halogens is 3. The lowest BCUT2D eigenvalue weighted by Gasteiger charge is -2.07.